The molecule has 1 aliphatic heterocycles. The Morgan fingerprint density at radius 3 is 2.75 bits per heavy atom. The SMILES string of the molecule is CCC1(C)C=C2C(=CC1)c1ccc3cc(N4CCOCC4)ccc3c1CC2C. The van der Waals surface area contributed by atoms with Crippen molar-refractivity contribution < 1.29 is 4.74 Å². The fourth-order valence-corrected chi connectivity index (χ4v) is 5.17. The third-order valence-electron chi connectivity index (χ3n) is 7.22. The maximum Gasteiger partial charge on any atom is 0.0642 e. The van der Waals surface area contributed by atoms with Gasteiger partial charge in [-0.15, -0.1) is 0 Å². The first-order valence-electron chi connectivity index (χ1n) is 10.9. The molecule has 0 radical (unpaired) electrons. The fraction of sp³-hybridized carbons (Fsp3) is 0.462. The smallest absolute Gasteiger partial charge is 0.0642 e. The monoisotopic (exact) mass is 373 g/mol. The van der Waals surface area contributed by atoms with Crippen LogP contribution >= 0.6 is 0 Å². The fourth-order valence-electron chi connectivity index (χ4n) is 5.17. The summed E-state index contributed by atoms with van der Waals surface area (Å²) in [5, 5.41) is 2.81. The minimum atomic E-state index is 0.328. The average Bonchev–Trinajstić information content (AvgIpc) is 2.74. The van der Waals surface area contributed by atoms with Crippen LogP contribution in [0, 0.1) is 11.3 Å². The Kier molecular flexibility index (Phi) is 4.35. The van der Waals surface area contributed by atoms with Crippen LogP contribution in [0.25, 0.3) is 16.3 Å². The lowest BCUT2D eigenvalue weighted by Gasteiger charge is -2.37. The predicted octanol–water partition coefficient (Wildman–Crippen LogP) is 6.00. The summed E-state index contributed by atoms with van der Waals surface area (Å²) in [6.45, 7) is 10.8. The number of hydrogen-bond acceptors (Lipinski definition) is 2. The highest BCUT2D eigenvalue weighted by Gasteiger charge is 2.32. The van der Waals surface area contributed by atoms with E-state index in [1.807, 2.05) is 0 Å². The highest BCUT2D eigenvalue weighted by Crippen LogP contribution is 2.48. The molecule has 1 saturated heterocycles. The van der Waals surface area contributed by atoms with Crippen LogP contribution in [0.15, 0.2) is 48.1 Å². The summed E-state index contributed by atoms with van der Waals surface area (Å²) in [6, 6.07) is 11.8. The van der Waals surface area contributed by atoms with E-state index < -0.39 is 0 Å². The van der Waals surface area contributed by atoms with Gasteiger partial charge < -0.3 is 9.64 Å². The average molecular weight is 374 g/mol. The second kappa shape index (κ2) is 6.77. The number of rotatable bonds is 2. The van der Waals surface area contributed by atoms with Gasteiger partial charge in [0.25, 0.3) is 0 Å². The normalized spacial score (nSPS) is 27.1. The number of hydrogen-bond donors (Lipinski definition) is 0. The standard InChI is InChI=1S/C26H31NO/c1-4-26(3)10-9-23-22-7-5-19-16-20(27-11-13-28-14-12-27)6-8-21(19)24(22)15-18(2)25(23)17-26/h5-9,16-18H,4,10-15H2,1-3H3. The van der Waals surface area contributed by atoms with Gasteiger partial charge in [-0.3, -0.25) is 0 Å². The first-order valence-corrected chi connectivity index (χ1v) is 10.9. The van der Waals surface area contributed by atoms with Crippen LogP contribution < -0.4 is 4.90 Å². The zero-order valence-corrected chi connectivity index (χ0v) is 17.4. The molecule has 1 fully saturated rings. The minimum Gasteiger partial charge on any atom is -0.378 e. The van der Waals surface area contributed by atoms with Gasteiger partial charge >= 0.3 is 0 Å². The number of fused-ring (bicyclic) bond motifs is 5. The van der Waals surface area contributed by atoms with Crippen molar-refractivity contribution in [3.63, 3.8) is 0 Å². The maximum absolute atomic E-state index is 5.51. The summed E-state index contributed by atoms with van der Waals surface area (Å²) in [5.41, 5.74) is 7.74. The quantitative estimate of drug-likeness (QED) is 0.640. The third-order valence-corrected chi connectivity index (χ3v) is 7.22. The number of anilines is 1. The van der Waals surface area contributed by atoms with Gasteiger partial charge in [0.2, 0.25) is 0 Å². The van der Waals surface area contributed by atoms with E-state index in [0.717, 1.165) is 39.1 Å². The molecule has 2 aromatic carbocycles. The second-order valence-electron chi connectivity index (χ2n) is 9.13. The molecule has 2 atom stereocenters. The first-order chi connectivity index (χ1) is 13.6. The molecule has 0 spiro atoms. The Morgan fingerprint density at radius 2 is 1.96 bits per heavy atom. The van der Waals surface area contributed by atoms with Gasteiger partial charge in [-0.25, -0.2) is 0 Å². The molecule has 28 heavy (non-hydrogen) atoms. The van der Waals surface area contributed by atoms with Crippen molar-refractivity contribution >= 4 is 22.0 Å². The molecule has 2 unspecified atom stereocenters. The molecule has 5 rings (SSSR count). The topological polar surface area (TPSA) is 12.5 Å². The molecule has 2 aliphatic carbocycles. The maximum atomic E-state index is 5.51. The van der Waals surface area contributed by atoms with E-state index in [1.54, 1.807) is 11.1 Å². The van der Waals surface area contributed by atoms with E-state index in [2.05, 4.69) is 68.2 Å². The van der Waals surface area contributed by atoms with Crippen molar-refractivity contribution in [3.8, 4) is 0 Å². The zero-order valence-electron chi connectivity index (χ0n) is 17.4. The number of allylic oxidation sites excluding steroid dienone is 4. The molecule has 0 amide bonds. The Morgan fingerprint density at radius 1 is 1.14 bits per heavy atom. The molecule has 0 N–H and O–H groups in total. The van der Waals surface area contributed by atoms with E-state index in [1.165, 1.54) is 34.0 Å². The first kappa shape index (κ1) is 18.0. The molecule has 0 bridgehead atoms. The third kappa shape index (κ3) is 2.90. The molecule has 0 saturated carbocycles. The Hall–Kier alpha value is -2.06. The highest BCUT2D eigenvalue weighted by molar-refractivity contribution is 5.96. The Bertz CT molecular complexity index is 979. The van der Waals surface area contributed by atoms with Gasteiger partial charge in [0.1, 0.15) is 0 Å². The molecule has 2 aromatic rings. The van der Waals surface area contributed by atoms with Crippen LogP contribution in [0.4, 0.5) is 5.69 Å². The molecule has 0 aromatic heterocycles. The lowest BCUT2D eigenvalue weighted by molar-refractivity contribution is 0.122. The lowest BCUT2D eigenvalue weighted by atomic mass is 9.68. The van der Waals surface area contributed by atoms with Crippen LogP contribution in [-0.4, -0.2) is 26.3 Å². The van der Waals surface area contributed by atoms with Crippen LogP contribution in [0.5, 0.6) is 0 Å². The summed E-state index contributed by atoms with van der Waals surface area (Å²) < 4.78 is 5.51. The van der Waals surface area contributed by atoms with E-state index in [9.17, 15) is 0 Å². The summed E-state index contributed by atoms with van der Waals surface area (Å²) in [6.07, 6.45) is 8.61. The van der Waals surface area contributed by atoms with Gasteiger partial charge in [0, 0.05) is 18.8 Å². The molecular weight excluding hydrogens is 342 g/mol. The predicted molar refractivity (Wildman–Crippen MR) is 119 cm³/mol. The summed E-state index contributed by atoms with van der Waals surface area (Å²) in [5.74, 6) is 0.592. The highest BCUT2D eigenvalue weighted by atomic mass is 16.5. The van der Waals surface area contributed by atoms with Crippen molar-refractivity contribution in [2.45, 2.75) is 40.0 Å². The summed E-state index contributed by atoms with van der Waals surface area (Å²) in [7, 11) is 0. The second-order valence-corrected chi connectivity index (χ2v) is 9.13. The molecule has 3 aliphatic rings. The van der Waals surface area contributed by atoms with E-state index in [0.29, 0.717) is 11.3 Å². The van der Waals surface area contributed by atoms with Crippen molar-refractivity contribution in [3.05, 3.63) is 59.2 Å². The number of benzene rings is 2. The number of morpholine rings is 1. The van der Waals surface area contributed by atoms with Crippen LogP contribution in [0.3, 0.4) is 0 Å². The van der Waals surface area contributed by atoms with Crippen molar-refractivity contribution in [2.75, 3.05) is 31.2 Å². The minimum absolute atomic E-state index is 0.328. The van der Waals surface area contributed by atoms with Gasteiger partial charge in [0.15, 0.2) is 0 Å². The van der Waals surface area contributed by atoms with Gasteiger partial charge in [-0.1, -0.05) is 51.1 Å². The van der Waals surface area contributed by atoms with Crippen molar-refractivity contribution in [1.29, 1.82) is 0 Å². The Balaban J connectivity index is 1.57. The van der Waals surface area contributed by atoms with E-state index in [4.69, 9.17) is 4.74 Å². The van der Waals surface area contributed by atoms with Crippen LogP contribution in [-0.2, 0) is 11.2 Å². The van der Waals surface area contributed by atoms with Gasteiger partial charge in [0.05, 0.1) is 13.2 Å². The molecular formula is C26H31NO. The largest absolute Gasteiger partial charge is 0.378 e. The van der Waals surface area contributed by atoms with Crippen molar-refractivity contribution in [2.24, 2.45) is 11.3 Å². The summed E-state index contributed by atoms with van der Waals surface area (Å²) >= 11 is 0. The zero-order chi connectivity index (χ0) is 19.3. The number of nitrogens with zero attached hydrogens (tertiary/aromatic N) is 1. The molecule has 2 heteroatoms. The van der Waals surface area contributed by atoms with Crippen LogP contribution in [0.2, 0.25) is 0 Å². The van der Waals surface area contributed by atoms with E-state index in [-0.39, 0.29) is 0 Å². The number of ether oxygens (including phenoxy) is 1. The Labute approximate surface area is 168 Å². The molecule has 1 heterocycles. The van der Waals surface area contributed by atoms with Crippen molar-refractivity contribution in [1.82, 2.24) is 0 Å². The summed E-state index contributed by atoms with van der Waals surface area (Å²) in [4.78, 5) is 2.45. The van der Waals surface area contributed by atoms with Gasteiger partial charge in [-0.2, -0.15) is 0 Å². The molecule has 2 nitrogen and oxygen atoms in total. The molecule has 146 valence electrons. The lowest BCUT2D eigenvalue weighted by Crippen LogP contribution is -2.36. The van der Waals surface area contributed by atoms with Crippen LogP contribution in [0.1, 0.15) is 44.7 Å². The van der Waals surface area contributed by atoms with E-state index >= 15 is 0 Å². The van der Waals surface area contributed by atoms with Gasteiger partial charge in [-0.05, 0) is 75.8 Å².